The van der Waals surface area contributed by atoms with Gasteiger partial charge in [0.25, 0.3) is 0 Å². The van der Waals surface area contributed by atoms with Gasteiger partial charge in [0.1, 0.15) is 171 Å². The van der Waals surface area contributed by atoms with Gasteiger partial charge in [0.15, 0.2) is 55.1 Å². The van der Waals surface area contributed by atoms with Gasteiger partial charge >= 0.3 is 7.60 Å². The second kappa shape index (κ2) is 69.6. The summed E-state index contributed by atoms with van der Waals surface area (Å²) >= 11 is 0. The average Bonchev–Trinajstić information content (AvgIpc) is 0.775. The van der Waals surface area contributed by atoms with Gasteiger partial charge < -0.3 is 227 Å². The van der Waals surface area contributed by atoms with Crippen LogP contribution < -0.4 is 30.7 Å². The smallest absolute Gasteiger partial charge is 0.325 e. The first-order valence-electron chi connectivity index (χ1n) is 50.4. The molecule has 8 rings (SSSR count). The third-order valence-electron chi connectivity index (χ3n) is 24.6. The Balaban J connectivity index is 0.621. The molecule has 0 saturated carbocycles. The molecule has 31 atom stereocenters. The second-order valence-corrected chi connectivity index (χ2v) is 38.2. The van der Waals surface area contributed by atoms with E-state index in [4.69, 9.17) is 109 Å². The van der Waals surface area contributed by atoms with Crippen molar-refractivity contribution in [2.75, 3.05) is 198 Å². The van der Waals surface area contributed by atoms with Crippen LogP contribution in [0.1, 0.15) is 114 Å². The van der Waals surface area contributed by atoms with Crippen molar-refractivity contribution in [3.8, 4) is 22.6 Å². The zero-order valence-corrected chi connectivity index (χ0v) is 85.3. The van der Waals surface area contributed by atoms with E-state index >= 15 is 0 Å². The third-order valence-corrected chi connectivity index (χ3v) is 25.2. The fraction of sp³-hybridized carbons (Fsp3) is 0.800. The van der Waals surface area contributed by atoms with Crippen molar-refractivity contribution in [1.29, 1.82) is 0 Å². The molecule has 55 heteroatoms. The summed E-state index contributed by atoms with van der Waals surface area (Å²) in [5.74, 6) is -1.66. The van der Waals surface area contributed by atoms with Crippen LogP contribution in [0.25, 0.3) is 11.1 Å². The van der Waals surface area contributed by atoms with Gasteiger partial charge in [-0.3, -0.25) is 38.1 Å². The van der Waals surface area contributed by atoms with E-state index < -0.39 is 243 Å². The molecule has 23 N–H and O–H groups in total. The monoisotopic (exact) mass is 2180 g/mol. The molecule has 0 aromatic heterocycles. The van der Waals surface area contributed by atoms with Crippen molar-refractivity contribution in [1.82, 2.24) is 21.3 Å². The van der Waals surface area contributed by atoms with Gasteiger partial charge in [-0.1, -0.05) is 31.4 Å². The number of aliphatic hydroxyl groups excluding tert-OH is 18. The number of hydrogen-bond acceptors (Lipinski definition) is 49. The Kier molecular flexibility index (Phi) is 59.7. The maximum absolute atomic E-state index is 13.7. The van der Waals surface area contributed by atoms with Gasteiger partial charge in [-0.25, -0.2) is 0 Å². The van der Waals surface area contributed by atoms with Crippen LogP contribution in [0.15, 0.2) is 42.5 Å². The van der Waals surface area contributed by atoms with Crippen LogP contribution in [0.2, 0.25) is 0 Å². The summed E-state index contributed by atoms with van der Waals surface area (Å²) in [6.07, 6.45) is -42.5. The lowest BCUT2D eigenvalue weighted by Crippen LogP contribution is -2.68. The van der Waals surface area contributed by atoms with Gasteiger partial charge in [-0.2, -0.15) is 0 Å². The van der Waals surface area contributed by atoms with Crippen LogP contribution in [0.5, 0.6) is 11.5 Å². The number of unbranched alkanes of at least 4 members (excludes halogenated alkanes) is 4. The fourth-order valence-corrected chi connectivity index (χ4v) is 16.9. The molecule has 6 fully saturated rings. The highest BCUT2D eigenvalue weighted by Crippen LogP contribution is 2.39. The predicted octanol–water partition coefficient (Wildman–Crippen LogP) is -7.69. The van der Waals surface area contributed by atoms with Gasteiger partial charge in [0.2, 0.25) is 23.6 Å². The Morgan fingerprint density at radius 1 is 0.320 bits per heavy atom. The molecule has 6 saturated heterocycles. The Labute approximate surface area is 866 Å². The summed E-state index contributed by atoms with van der Waals surface area (Å²) in [6, 6.07) is 9.34. The van der Waals surface area contributed by atoms with Crippen LogP contribution in [0, 0.1) is 0 Å². The van der Waals surface area contributed by atoms with E-state index in [2.05, 4.69) is 21.3 Å². The van der Waals surface area contributed by atoms with Gasteiger partial charge in [0.05, 0.1) is 152 Å². The zero-order valence-electron chi connectivity index (χ0n) is 84.4. The molecule has 0 bridgehead atoms. The van der Waals surface area contributed by atoms with E-state index in [0.29, 0.717) is 60.5 Å². The molecule has 0 aliphatic carbocycles. The van der Waals surface area contributed by atoms with E-state index in [9.17, 15) is 135 Å². The molecule has 860 valence electrons. The van der Waals surface area contributed by atoms with Crippen LogP contribution in [0.3, 0.4) is 0 Å². The van der Waals surface area contributed by atoms with Crippen molar-refractivity contribution in [3.05, 3.63) is 48.0 Å². The molecular formula is C95H155N4O50P. The lowest BCUT2D eigenvalue weighted by atomic mass is 9.95. The molecule has 2 aromatic rings. The third kappa shape index (κ3) is 43.5. The number of nitrogens with one attached hydrogen (secondary N) is 4. The number of rotatable bonds is 75. The minimum Gasteiger partial charge on any atom is -0.486 e. The number of ketones is 3. The van der Waals surface area contributed by atoms with Gasteiger partial charge in [-0.05, 0) is 80.0 Å². The summed E-state index contributed by atoms with van der Waals surface area (Å²) < 4.78 is 141. The van der Waals surface area contributed by atoms with Crippen molar-refractivity contribution in [3.63, 3.8) is 0 Å². The summed E-state index contributed by atoms with van der Waals surface area (Å²) in [5.41, 5.74) is 1.73. The summed E-state index contributed by atoms with van der Waals surface area (Å²) in [7, 11) is -3.56. The summed E-state index contributed by atoms with van der Waals surface area (Å²) in [6.45, 7) is 2.00. The molecule has 6 aliphatic heterocycles. The second-order valence-electron chi connectivity index (χ2n) is 36.4. The summed E-state index contributed by atoms with van der Waals surface area (Å²) in [4.78, 5) is 98.8. The largest absolute Gasteiger partial charge is 0.486 e. The SMILES string of the molecule is CC(=O)NC1[C@H](OCCCNC(=O)CCOCCOCCOCCOCCCC(=O)COc2ccc(-c3cc(OCC(=O)CCCOCCOCCOCCOCCC(=O)NCCCO[C@@H]4OC(CO)[C@@H](O[C@@H]5OC(CO)[C@H](O)[C@H](O[C@H]6OC(CO)[C@H](O)[C@H](O)C6O)C5O)[C@H](O)C4NC(C)=O)cc(C(=O)CCCCCCCOP(C)(=O)O)c3)cc2)OC(CO)[C@@H](O[C@@H]2OC(CO)[C@H](O)[C@H](O[C@H]3OC(CO)[C@H](O)[C@H](O)C3O)C2O)[C@@H]1O. The highest BCUT2D eigenvalue weighted by molar-refractivity contribution is 7.51. The number of benzene rings is 2. The van der Waals surface area contributed by atoms with Crippen LogP contribution in [-0.2, 0) is 133 Å². The standard InChI is InChI=1S/C95H155N4O50P/c1-54(106)98-72-78(117)86(146-94-84(123)88(76(115)66(48-102)142-94)148-92-82(121)80(119)74(113)64(46-100)140-92)68(50-104)144-90(72)135-26-11-22-96-70(111)20-29-129-33-37-133-41-39-131-35-31-127-24-9-13-59(108)52-137-61-18-16-56(17-19-61)57-43-58(63(110)15-7-5-4-6-8-28-139-150(3,125)126)45-62(44-57)138-53-60(109)14-10-25-128-32-36-132-40-42-134-38-34-130-30-21-71(112)97-23-12-27-136-91-73(99-55(2)107)79(118)87(69(51-105)145-91)147-95-85(124)89(77(116)67(49-103)143-95)149-93-83(122)81(120)75(114)65(47-101)141-93/h16-19,43-45,64-69,72-95,100-105,113-124H,4-15,20-42,46-53H2,1-3H3,(H,96,111)(H,97,112)(H,98,106)(H,99,107)(H,125,126)/t64?,65?,66?,67?,68?,69?,72?,73?,74-,75-,76-,77-,78+,79+,80-,81-,82?,83?,84?,85?,86+,87+,88-,89-,90+,91+,92+,93+,94-,95-/m0/s1. The Morgan fingerprint density at radius 2 is 0.667 bits per heavy atom. The van der Waals surface area contributed by atoms with Crippen molar-refractivity contribution in [2.24, 2.45) is 0 Å². The zero-order chi connectivity index (χ0) is 109. The molecule has 0 spiro atoms. The predicted molar refractivity (Wildman–Crippen MR) is 509 cm³/mol. The normalized spacial score (nSPS) is 30.5. The molecule has 54 nitrogen and oxygen atoms in total. The molecule has 0 radical (unpaired) electrons. The fourth-order valence-electron chi connectivity index (χ4n) is 16.5. The van der Waals surface area contributed by atoms with Crippen LogP contribution in [0.4, 0.5) is 0 Å². The average molecular weight is 2180 g/mol. The van der Waals surface area contributed by atoms with Gasteiger partial charge in [0, 0.05) is 84.5 Å². The number of carbonyl (C=O) groups is 7. The number of ether oxygens (including phenoxy) is 22. The molecule has 150 heavy (non-hydrogen) atoms. The molecule has 13 unspecified atom stereocenters. The maximum atomic E-state index is 13.7. The number of hydrogen-bond donors (Lipinski definition) is 23. The van der Waals surface area contributed by atoms with E-state index in [-0.39, 0.29) is 219 Å². The lowest BCUT2D eigenvalue weighted by Gasteiger charge is -2.48. The van der Waals surface area contributed by atoms with E-state index in [0.717, 1.165) is 39.8 Å². The van der Waals surface area contributed by atoms with E-state index in [1.165, 1.54) is 0 Å². The van der Waals surface area contributed by atoms with E-state index in [1.54, 1.807) is 42.5 Å². The first-order valence-corrected chi connectivity index (χ1v) is 52.4. The van der Waals surface area contributed by atoms with Crippen LogP contribution in [-0.4, -0.2) is 520 Å². The number of Topliss-reactive ketones (excluding diaryl/α,β-unsaturated/α-hetero) is 3. The highest BCUT2D eigenvalue weighted by Gasteiger charge is 2.57. The van der Waals surface area contributed by atoms with Gasteiger partial charge in [-0.15, -0.1) is 0 Å². The Morgan fingerprint density at radius 3 is 1.05 bits per heavy atom. The van der Waals surface area contributed by atoms with Crippen molar-refractivity contribution >= 4 is 48.6 Å². The number of amides is 4. The minimum absolute atomic E-state index is 0.0212. The molecule has 6 heterocycles. The molecule has 6 aliphatic rings. The van der Waals surface area contributed by atoms with E-state index in [1.807, 2.05) is 0 Å². The topological polar surface area (TPSA) is 781 Å². The number of carbonyl (C=O) groups excluding carboxylic acids is 7. The quantitative estimate of drug-likeness (QED) is 0.0166. The first kappa shape index (κ1) is 129. The molecular weight excluding hydrogens is 2030 g/mol. The summed E-state index contributed by atoms with van der Waals surface area (Å²) in [5, 5.41) is 200. The van der Waals surface area contributed by atoms with Crippen molar-refractivity contribution < 1.29 is 244 Å². The lowest BCUT2D eigenvalue weighted by molar-refractivity contribution is -0.376. The Bertz CT molecular complexity index is 4220. The van der Waals surface area contributed by atoms with Crippen molar-refractivity contribution in [2.45, 2.75) is 288 Å². The molecule has 4 amide bonds. The first-order chi connectivity index (χ1) is 72.0. The molecule has 2 aromatic carbocycles. The number of aliphatic hydroxyl groups is 18. The van der Waals surface area contributed by atoms with Crippen LogP contribution >= 0.6 is 7.60 Å². The Hall–Kier alpha value is -6.44. The maximum Gasteiger partial charge on any atom is 0.325 e. The minimum atomic E-state index is -3.56. The highest BCUT2D eigenvalue weighted by atomic mass is 31.2.